The summed E-state index contributed by atoms with van der Waals surface area (Å²) in [5, 5.41) is 13.3. The summed E-state index contributed by atoms with van der Waals surface area (Å²) in [6, 6.07) is 8.02. The molecule has 3 aromatic rings. The van der Waals surface area contributed by atoms with E-state index in [0.717, 1.165) is 10.9 Å². The van der Waals surface area contributed by atoms with Crippen molar-refractivity contribution in [3.63, 3.8) is 0 Å². The predicted molar refractivity (Wildman–Crippen MR) is 180 cm³/mol. The van der Waals surface area contributed by atoms with E-state index in [1.165, 1.54) is 17.0 Å². The lowest BCUT2D eigenvalue weighted by Gasteiger charge is -2.31. The molecule has 0 bridgehead atoms. The molecule has 14 heteroatoms. The Labute approximate surface area is 292 Å². The number of rotatable bonds is 9. The molecule has 2 N–H and O–H groups in total. The average Bonchev–Trinajstić information content (AvgIpc) is 3.80. The second-order valence-corrected chi connectivity index (χ2v) is 14.2. The van der Waals surface area contributed by atoms with Gasteiger partial charge in [-0.2, -0.15) is 13.2 Å². The topological polar surface area (TPSA) is 104 Å². The van der Waals surface area contributed by atoms with Crippen LogP contribution < -0.4 is 5.32 Å². The third-order valence-electron chi connectivity index (χ3n) is 10.3. The van der Waals surface area contributed by atoms with Gasteiger partial charge in [0.2, 0.25) is 5.91 Å². The van der Waals surface area contributed by atoms with E-state index in [-0.39, 0.29) is 59.6 Å². The van der Waals surface area contributed by atoms with Gasteiger partial charge in [-0.1, -0.05) is 41.4 Å². The van der Waals surface area contributed by atoms with Crippen molar-refractivity contribution in [2.75, 3.05) is 25.0 Å². The molecule has 3 atom stereocenters. The number of hydrogen-bond acceptors (Lipinski definition) is 5. The van der Waals surface area contributed by atoms with Crippen LogP contribution in [0.1, 0.15) is 60.9 Å². The van der Waals surface area contributed by atoms with E-state index in [4.69, 9.17) is 27.9 Å². The van der Waals surface area contributed by atoms with E-state index in [1.807, 2.05) is 35.9 Å². The number of carbonyl (C=O) groups is 3. The Morgan fingerprint density at radius 3 is 2.49 bits per heavy atom. The van der Waals surface area contributed by atoms with E-state index in [0.29, 0.717) is 56.2 Å². The van der Waals surface area contributed by atoms with Crippen molar-refractivity contribution in [2.45, 2.75) is 81.8 Å². The van der Waals surface area contributed by atoms with Gasteiger partial charge in [-0.05, 0) is 75.3 Å². The number of alkyl halides is 3. The van der Waals surface area contributed by atoms with Crippen LogP contribution in [0, 0.1) is 5.92 Å². The van der Waals surface area contributed by atoms with Gasteiger partial charge in [0.05, 0.1) is 47.4 Å². The van der Waals surface area contributed by atoms with Gasteiger partial charge in [0.15, 0.2) is 0 Å². The number of nitrogens with one attached hydrogen (secondary N) is 1. The van der Waals surface area contributed by atoms with Crippen LogP contribution in [0.15, 0.2) is 42.6 Å². The van der Waals surface area contributed by atoms with Crippen LogP contribution in [0.3, 0.4) is 0 Å². The number of carboxylic acid groups (broad SMARTS) is 1. The van der Waals surface area contributed by atoms with Gasteiger partial charge in [0, 0.05) is 41.8 Å². The fourth-order valence-corrected chi connectivity index (χ4v) is 8.16. The largest absolute Gasteiger partial charge is 0.481 e. The molecular weight excluding hydrogens is 684 g/mol. The molecule has 2 saturated heterocycles. The Kier molecular flexibility index (Phi) is 10.5. The van der Waals surface area contributed by atoms with Crippen molar-refractivity contribution in [2.24, 2.45) is 13.0 Å². The fourth-order valence-electron chi connectivity index (χ4n) is 7.69. The van der Waals surface area contributed by atoms with Crippen LogP contribution >= 0.6 is 23.2 Å². The Balaban J connectivity index is 1.16. The molecule has 3 heterocycles. The summed E-state index contributed by atoms with van der Waals surface area (Å²) in [7, 11) is 1.85. The predicted octanol–water partition coefficient (Wildman–Crippen LogP) is 6.94. The maximum atomic E-state index is 13.9. The second kappa shape index (κ2) is 14.5. The molecule has 3 fully saturated rings. The van der Waals surface area contributed by atoms with Crippen molar-refractivity contribution in [1.82, 2.24) is 14.4 Å². The highest BCUT2D eigenvalue weighted by atomic mass is 35.5. The zero-order valence-electron chi connectivity index (χ0n) is 27.0. The number of anilines is 1. The summed E-state index contributed by atoms with van der Waals surface area (Å²) in [5.41, 5.74) is 2.05. The number of ether oxygens (including phenoxy) is 1. The zero-order chi connectivity index (χ0) is 35.0. The van der Waals surface area contributed by atoms with Crippen molar-refractivity contribution in [1.29, 1.82) is 0 Å². The first-order valence-corrected chi connectivity index (χ1v) is 17.4. The molecule has 2 amide bonds. The highest BCUT2D eigenvalue weighted by Gasteiger charge is 2.50. The molecule has 0 spiro atoms. The number of halogens is 5. The minimum absolute atomic E-state index is 0.0272. The van der Waals surface area contributed by atoms with Gasteiger partial charge < -0.3 is 24.6 Å². The Morgan fingerprint density at radius 1 is 1.04 bits per heavy atom. The smallest absolute Gasteiger partial charge is 0.404 e. The molecular formula is C35H39Cl2F3N4O5. The number of aryl methyl sites for hydroxylation is 1. The summed E-state index contributed by atoms with van der Waals surface area (Å²) >= 11 is 13.2. The molecule has 1 saturated carbocycles. The average molecular weight is 724 g/mol. The molecule has 2 aromatic carbocycles. The highest BCUT2D eigenvalue weighted by molar-refractivity contribution is 6.36. The van der Waals surface area contributed by atoms with Crippen LogP contribution in [0.4, 0.5) is 18.9 Å². The van der Waals surface area contributed by atoms with E-state index < -0.39 is 36.2 Å². The molecule has 2 aliphatic heterocycles. The summed E-state index contributed by atoms with van der Waals surface area (Å²) in [4.78, 5) is 41.5. The lowest BCUT2D eigenvalue weighted by Crippen LogP contribution is -2.48. The normalized spacial score (nSPS) is 24.9. The monoisotopic (exact) mass is 722 g/mol. The number of benzene rings is 2. The third-order valence-corrected chi connectivity index (χ3v) is 10.9. The van der Waals surface area contributed by atoms with Gasteiger partial charge in [-0.25, -0.2) is 0 Å². The Morgan fingerprint density at radius 2 is 1.78 bits per heavy atom. The first kappa shape index (κ1) is 35.5. The van der Waals surface area contributed by atoms with Gasteiger partial charge in [0.25, 0.3) is 5.91 Å². The van der Waals surface area contributed by atoms with Gasteiger partial charge in [-0.3, -0.25) is 19.3 Å². The molecule has 264 valence electrons. The van der Waals surface area contributed by atoms with E-state index in [9.17, 15) is 32.7 Å². The number of likely N-dealkylation sites (tertiary alicyclic amines) is 2. The van der Waals surface area contributed by atoms with Crippen LogP contribution in [0.5, 0.6) is 0 Å². The summed E-state index contributed by atoms with van der Waals surface area (Å²) in [6.45, 7) is 0.565. The van der Waals surface area contributed by atoms with Gasteiger partial charge >= 0.3 is 12.1 Å². The number of nitrogens with zero attached hydrogens (tertiary/aromatic N) is 3. The minimum Gasteiger partial charge on any atom is -0.481 e. The lowest BCUT2D eigenvalue weighted by atomic mass is 9.87. The zero-order valence-corrected chi connectivity index (χ0v) is 28.5. The number of amides is 2. The van der Waals surface area contributed by atoms with Crippen molar-refractivity contribution in [3.8, 4) is 0 Å². The standard InChI is InChI=1S/C35H39Cl2F3N4O5/c1-42-18-26(25-5-2-3-6-30(25)42)33(46)41-29-16-27(36)21(13-28(29)37)14-32(45)44-17-22(43-12-4-7-31(43)35(38,39)40)15-23(44)19-49-24-10-8-20(9-11-24)34(47)48/h2-3,5-6,13,16,18,20,22-24,31H,4,7-12,14-15,17,19H2,1H3,(H,41,46)(H,47,48)/t20-,22-,23-,24-,31-/m0/s1. The van der Waals surface area contributed by atoms with E-state index in [1.54, 1.807) is 11.1 Å². The summed E-state index contributed by atoms with van der Waals surface area (Å²) in [6.07, 6.45) is -0.0395. The molecule has 3 aliphatic rings. The summed E-state index contributed by atoms with van der Waals surface area (Å²) < 4.78 is 49.7. The number of fused-ring (bicyclic) bond motifs is 1. The number of carboxylic acids is 1. The van der Waals surface area contributed by atoms with Crippen LogP contribution in [-0.2, 0) is 27.8 Å². The van der Waals surface area contributed by atoms with Gasteiger partial charge in [-0.15, -0.1) is 0 Å². The first-order chi connectivity index (χ1) is 23.3. The van der Waals surface area contributed by atoms with E-state index in [2.05, 4.69) is 5.32 Å². The highest BCUT2D eigenvalue weighted by Crippen LogP contribution is 2.38. The van der Waals surface area contributed by atoms with Gasteiger partial charge in [0.1, 0.15) is 6.04 Å². The molecule has 0 unspecified atom stereocenters. The number of hydrogen-bond donors (Lipinski definition) is 2. The SMILES string of the molecule is Cn1cc(C(=O)Nc2cc(Cl)c(CC(=O)N3C[C@@H](N4CCC[C@H]4C(F)(F)F)C[C@H]3CO[C@H]3CC[C@H](C(=O)O)CC3)cc2Cl)c2ccccc21. The first-order valence-electron chi connectivity index (χ1n) is 16.6. The van der Waals surface area contributed by atoms with Crippen LogP contribution in [0.2, 0.25) is 10.0 Å². The maximum absolute atomic E-state index is 13.9. The van der Waals surface area contributed by atoms with E-state index >= 15 is 0 Å². The lowest BCUT2D eigenvalue weighted by molar-refractivity contribution is -0.180. The third kappa shape index (κ3) is 7.72. The Bertz CT molecular complexity index is 1720. The quantitative estimate of drug-likeness (QED) is 0.248. The molecule has 1 aliphatic carbocycles. The number of para-hydroxylation sites is 1. The maximum Gasteiger partial charge on any atom is 0.404 e. The molecule has 6 rings (SSSR count). The Hall–Kier alpha value is -3.32. The number of aliphatic carboxylic acids is 1. The van der Waals surface area contributed by atoms with Crippen molar-refractivity contribution >= 4 is 57.6 Å². The second-order valence-electron chi connectivity index (χ2n) is 13.4. The molecule has 9 nitrogen and oxygen atoms in total. The molecule has 49 heavy (non-hydrogen) atoms. The molecule has 0 radical (unpaired) electrons. The molecule has 1 aromatic heterocycles. The minimum atomic E-state index is -4.36. The summed E-state index contributed by atoms with van der Waals surface area (Å²) in [5.74, 6) is -1.92. The van der Waals surface area contributed by atoms with Crippen LogP contribution in [-0.4, -0.2) is 87.4 Å². The number of carbonyl (C=O) groups excluding carboxylic acids is 2. The number of aromatic nitrogens is 1. The van der Waals surface area contributed by atoms with Crippen molar-refractivity contribution in [3.05, 3.63) is 63.8 Å². The van der Waals surface area contributed by atoms with Crippen molar-refractivity contribution < 1.29 is 37.4 Å². The fraction of sp³-hybridized carbons (Fsp3) is 0.514. The van der Waals surface area contributed by atoms with Crippen LogP contribution in [0.25, 0.3) is 10.9 Å².